The number of rotatable bonds is 3. The third-order valence-corrected chi connectivity index (χ3v) is 4.35. The molecule has 4 rings (SSSR count). The molecule has 0 bridgehead atoms. The van der Waals surface area contributed by atoms with Gasteiger partial charge < -0.3 is 5.32 Å². The minimum Gasteiger partial charge on any atom is -0.322 e. The number of hydrogen-bond acceptors (Lipinski definition) is 4. The molecular formula is C20H12ClN3O3. The molecule has 7 heteroatoms. The van der Waals surface area contributed by atoms with Crippen LogP contribution in [-0.2, 0) is 0 Å². The fraction of sp³-hybridized carbons (Fsp3) is 0. The zero-order valence-electron chi connectivity index (χ0n) is 13.8. The number of carbonyl (C=O) groups is 3. The number of imide groups is 1. The maximum absolute atomic E-state index is 12.5. The Morgan fingerprint density at radius 3 is 2.44 bits per heavy atom. The Kier molecular flexibility index (Phi) is 4.18. The van der Waals surface area contributed by atoms with Crippen LogP contribution < -0.4 is 10.2 Å². The number of fused-ring (bicyclic) bond motifs is 1. The largest absolute Gasteiger partial charge is 0.322 e. The predicted octanol–water partition coefficient (Wildman–Crippen LogP) is 3.79. The Bertz CT molecular complexity index is 1040. The molecule has 3 aromatic rings. The fourth-order valence-corrected chi connectivity index (χ4v) is 3.02. The molecule has 0 atom stereocenters. The van der Waals surface area contributed by atoms with Gasteiger partial charge in [-0.05, 0) is 54.6 Å². The second-order valence-electron chi connectivity index (χ2n) is 5.86. The van der Waals surface area contributed by atoms with Gasteiger partial charge in [-0.2, -0.15) is 0 Å². The molecule has 0 unspecified atom stereocenters. The number of benzene rings is 2. The first-order valence-corrected chi connectivity index (χ1v) is 8.43. The molecule has 0 saturated heterocycles. The molecule has 1 aliphatic rings. The highest BCUT2D eigenvalue weighted by Crippen LogP contribution is 2.27. The Morgan fingerprint density at radius 2 is 1.74 bits per heavy atom. The number of aromatic nitrogens is 1. The van der Waals surface area contributed by atoms with Gasteiger partial charge in [0.1, 0.15) is 5.69 Å². The van der Waals surface area contributed by atoms with Gasteiger partial charge >= 0.3 is 0 Å². The molecule has 132 valence electrons. The summed E-state index contributed by atoms with van der Waals surface area (Å²) in [4.78, 5) is 42.3. The zero-order chi connectivity index (χ0) is 19.0. The molecular weight excluding hydrogens is 366 g/mol. The maximum atomic E-state index is 12.5. The van der Waals surface area contributed by atoms with Crippen LogP contribution >= 0.6 is 11.6 Å². The Hall–Kier alpha value is -3.51. The van der Waals surface area contributed by atoms with Crippen LogP contribution in [0, 0.1) is 0 Å². The number of nitrogens with one attached hydrogen (secondary N) is 1. The van der Waals surface area contributed by atoms with E-state index >= 15 is 0 Å². The van der Waals surface area contributed by atoms with Crippen LogP contribution in [0.25, 0.3) is 0 Å². The number of anilines is 2. The van der Waals surface area contributed by atoms with E-state index < -0.39 is 11.8 Å². The summed E-state index contributed by atoms with van der Waals surface area (Å²) in [5.74, 6) is -1.24. The molecule has 0 spiro atoms. The van der Waals surface area contributed by atoms with Crippen LogP contribution in [0.3, 0.4) is 0 Å². The van der Waals surface area contributed by atoms with Crippen LogP contribution in [0.2, 0.25) is 5.02 Å². The summed E-state index contributed by atoms with van der Waals surface area (Å²) in [6.45, 7) is 0. The van der Waals surface area contributed by atoms with E-state index in [9.17, 15) is 14.4 Å². The molecule has 0 aliphatic carbocycles. The van der Waals surface area contributed by atoms with Crippen molar-refractivity contribution in [3.63, 3.8) is 0 Å². The lowest BCUT2D eigenvalue weighted by atomic mass is 10.1. The normalized spacial score (nSPS) is 12.9. The van der Waals surface area contributed by atoms with Crippen LogP contribution in [0.5, 0.6) is 0 Å². The Labute approximate surface area is 159 Å². The number of nitrogens with zero attached hydrogens (tertiary/aromatic N) is 2. The van der Waals surface area contributed by atoms with Crippen molar-refractivity contribution < 1.29 is 14.4 Å². The molecule has 2 heterocycles. The monoisotopic (exact) mass is 377 g/mol. The van der Waals surface area contributed by atoms with E-state index in [0.717, 1.165) is 4.90 Å². The first kappa shape index (κ1) is 16.9. The molecule has 2 aromatic carbocycles. The van der Waals surface area contributed by atoms with E-state index in [1.54, 1.807) is 60.7 Å². The van der Waals surface area contributed by atoms with Crippen molar-refractivity contribution in [1.29, 1.82) is 0 Å². The molecule has 0 radical (unpaired) electrons. The molecule has 3 amide bonds. The minimum atomic E-state index is -0.480. The van der Waals surface area contributed by atoms with E-state index in [-0.39, 0.29) is 17.2 Å². The molecule has 27 heavy (non-hydrogen) atoms. The lowest BCUT2D eigenvalue weighted by molar-refractivity contribution is 0.0924. The van der Waals surface area contributed by atoms with Gasteiger partial charge in [0.25, 0.3) is 17.7 Å². The second kappa shape index (κ2) is 6.66. The molecule has 1 N–H and O–H groups in total. The van der Waals surface area contributed by atoms with Gasteiger partial charge in [-0.25, -0.2) is 4.90 Å². The van der Waals surface area contributed by atoms with Gasteiger partial charge in [0.15, 0.2) is 0 Å². The lowest BCUT2D eigenvalue weighted by Gasteiger charge is -2.14. The van der Waals surface area contributed by atoms with Crippen molar-refractivity contribution in [3.8, 4) is 0 Å². The summed E-state index contributed by atoms with van der Waals surface area (Å²) < 4.78 is 0. The summed E-state index contributed by atoms with van der Waals surface area (Å²) in [6, 6.07) is 16.2. The van der Waals surface area contributed by atoms with E-state index in [4.69, 9.17) is 11.6 Å². The first-order chi connectivity index (χ1) is 13.0. The van der Waals surface area contributed by atoms with Gasteiger partial charge in [-0.1, -0.05) is 17.7 Å². The summed E-state index contributed by atoms with van der Waals surface area (Å²) in [5, 5.41) is 3.25. The van der Waals surface area contributed by atoms with Gasteiger partial charge in [-0.15, -0.1) is 0 Å². The summed E-state index contributed by atoms with van der Waals surface area (Å²) in [6.07, 6.45) is 1.47. The lowest BCUT2D eigenvalue weighted by Crippen LogP contribution is -2.29. The van der Waals surface area contributed by atoms with Crippen molar-refractivity contribution >= 4 is 40.7 Å². The van der Waals surface area contributed by atoms with Gasteiger partial charge in [-0.3, -0.25) is 19.4 Å². The summed E-state index contributed by atoms with van der Waals surface area (Å²) in [7, 11) is 0. The smallest absolute Gasteiger partial charge is 0.284 e. The average Bonchev–Trinajstić information content (AvgIpc) is 2.93. The van der Waals surface area contributed by atoms with Gasteiger partial charge in [0, 0.05) is 22.5 Å². The summed E-state index contributed by atoms with van der Waals surface area (Å²) >= 11 is 5.91. The first-order valence-electron chi connectivity index (χ1n) is 8.05. The zero-order valence-corrected chi connectivity index (χ0v) is 14.6. The standard InChI is InChI=1S/C20H12ClN3O3/c21-13-3-1-4-14(11-13)23-18(25)12-6-8-15(9-7-12)24-19(26)16-5-2-10-22-17(16)20(24)27/h1-11H,(H,23,25). The topological polar surface area (TPSA) is 79.4 Å². The van der Waals surface area contributed by atoms with Crippen molar-refractivity contribution in [1.82, 2.24) is 4.98 Å². The van der Waals surface area contributed by atoms with Crippen LogP contribution in [-0.4, -0.2) is 22.7 Å². The molecule has 6 nitrogen and oxygen atoms in total. The molecule has 0 fully saturated rings. The van der Waals surface area contributed by atoms with Crippen molar-refractivity contribution in [3.05, 3.63) is 88.7 Å². The SMILES string of the molecule is O=C(Nc1cccc(Cl)c1)c1ccc(N2C(=O)c3cccnc3C2=O)cc1. The molecule has 1 aromatic heterocycles. The number of halogens is 1. The van der Waals surface area contributed by atoms with E-state index in [0.29, 0.717) is 22.0 Å². The second-order valence-corrected chi connectivity index (χ2v) is 6.29. The van der Waals surface area contributed by atoms with Crippen molar-refractivity contribution in [2.24, 2.45) is 0 Å². The highest BCUT2D eigenvalue weighted by atomic mass is 35.5. The van der Waals surface area contributed by atoms with Crippen molar-refractivity contribution in [2.75, 3.05) is 10.2 Å². The number of carbonyl (C=O) groups excluding carboxylic acids is 3. The fourth-order valence-electron chi connectivity index (χ4n) is 2.83. The summed E-state index contributed by atoms with van der Waals surface area (Å²) in [5.41, 5.74) is 1.73. The highest BCUT2D eigenvalue weighted by molar-refractivity contribution is 6.33. The molecule has 0 saturated carbocycles. The number of pyridine rings is 1. The third kappa shape index (κ3) is 3.07. The molecule has 1 aliphatic heterocycles. The van der Waals surface area contributed by atoms with E-state index in [1.807, 2.05) is 0 Å². The Balaban J connectivity index is 1.55. The van der Waals surface area contributed by atoms with Crippen LogP contribution in [0.1, 0.15) is 31.2 Å². The van der Waals surface area contributed by atoms with Gasteiger partial charge in [0.2, 0.25) is 0 Å². The Morgan fingerprint density at radius 1 is 0.963 bits per heavy atom. The average molecular weight is 378 g/mol. The minimum absolute atomic E-state index is 0.130. The quantitative estimate of drug-likeness (QED) is 0.704. The van der Waals surface area contributed by atoms with E-state index in [1.165, 1.54) is 6.20 Å². The van der Waals surface area contributed by atoms with Crippen molar-refractivity contribution in [2.45, 2.75) is 0 Å². The van der Waals surface area contributed by atoms with Crippen LogP contribution in [0.15, 0.2) is 66.9 Å². The maximum Gasteiger partial charge on any atom is 0.284 e. The van der Waals surface area contributed by atoms with E-state index in [2.05, 4.69) is 10.3 Å². The number of amides is 3. The number of hydrogen-bond donors (Lipinski definition) is 1. The van der Waals surface area contributed by atoms with Gasteiger partial charge in [0.05, 0.1) is 11.3 Å². The predicted molar refractivity (Wildman–Crippen MR) is 101 cm³/mol. The third-order valence-electron chi connectivity index (χ3n) is 4.12. The van der Waals surface area contributed by atoms with Crippen LogP contribution in [0.4, 0.5) is 11.4 Å². The highest BCUT2D eigenvalue weighted by Gasteiger charge is 2.37.